The fourth-order valence-electron chi connectivity index (χ4n) is 4.66. The minimum absolute atomic E-state index is 0.0459. The molecule has 0 saturated carbocycles. The average molecular weight is 484 g/mol. The molecule has 182 valence electrons. The average Bonchev–Trinajstić information content (AvgIpc) is 2.82. The molecule has 2 amide bonds. The second-order valence-electron chi connectivity index (χ2n) is 10.1. The van der Waals surface area contributed by atoms with Gasteiger partial charge in [-0.3, -0.25) is 9.59 Å². The number of benzene rings is 2. The SMILES string of the molecule is CC(C)(C)c1ccc(S(=O)(=O)N2CCC(N3CCN(Cc4ccccc4)C(=O)C3=O)CC2)cc1. The lowest BCUT2D eigenvalue weighted by atomic mass is 9.87. The second-order valence-corrected chi connectivity index (χ2v) is 12.1. The van der Waals surface area contributed by atoms with E-state index in [1.165, 1.54) is 4.31 Å². The van der Waals surface area contributed by atoms with Crippen molar-refractivity contribution in [1.82, 2.24) is 14.1 Å². The third-order valence-corrected chi connectivity index (χ3v) is 8.69. The van der Waals surface area contributed by atoms with E-state index in [0.717, 1.165) is 11.1 Å². The van der Waals surface area contributed by atoms with Gasteiger partial charge in [0.25, 0.3) is 0 Å². The first-order chi connectivity index (χ1) is 16.1. The van der Waals surface area contributed by atoms with Crippen LogP contribution in [0.3, 0.4) is 0 Å². The number of nitrogens with zero attached hydrogens (tertiary/aromatic N) is 3. The van der Waals surface area contributed by atoms with E-state index in [-0.39, 0.29) is 11.5 Å². The zero-order chi connectivity index (χ0) is 24.5. The largest absolute Gasteiger partial charge is 0.330 e. The Hall–Kier alpha value is -2.71. The Balaban J connectivity index is 1.36. The van der Waals surface area contributed by atoms with Crippen molar-refractivity contribution in [2.24, 2.45) is 0 Å². The van der Waals surface area contributed by atoms with Crippen LogP contribution in [0.4, 0.5) is 0 Å². The van der Waals surface area contributed by atoms with Crippen molar-refractivity contribution in [1.29, 1.82) is 0 Å². The highest BCUT2D eigenvalue weighted by Gasteiger charge is 2.39. The lowest BCUT2D eigenvalue weighted by Crippen LogP contribution is -2.58. The third-order valence-electron chi connectivity index (χ3n) is 6.78. The smallest absolute Gasteiger partial charge is 0.312 e. The Kier molecular flexibility index (Phi) is 6.82. The molecule has 2 aromatic rings. The van der Waals surface area contributed by atoms with E-state index in [1.54, 1.807) is 21.9 Å². The molecule has 0 aliphatic carbocycles. The van der Waals surface area contributed by atoms with Crippen molar-refractivity contribution in [2.45, 2.75) is 56.5 Å². The highest BCUT2D eigenvalue weighted by atomic mass is 32.2. The van der Waals surface area contributed by atoms with Gasteiger partial charge < -0.3 is 9.80 Å². The summed E-state index contributed by atoms with van der Waals surface area (Å²) in [6.45, 7) is 8.32. The van der Waals surface area contributed by atoms with Crippen molar-refractivity contribution in [2.75, 3.05) is 26.2 Å². The molecule has 4 rings (SSSR count). The number of rotatable bonds is 5. The summed E-state index contributed by atoms with van der Waals surface area (Å²) >= 11 is 0. The highest BCUT2D eigenvalue weighted by Crippen LogP contribution is 2.27. The Morgan fingerprint density at radius 1 is 0.824 bits per heavy atom. The van der Waals surface area contributed by atoms with Crippen molar-refractivity contribution in [3.05, 3.63) is 65.7 Å². The standard InChI is InChI=1S/C26H33N3O4S/c1-26(2,3)21-9-11-23(12-10-21)34(32,33)28-15-13-22(14-16-28)29-18-17-27(24(30)25(29)31)19-20-7-5-4-6-8-20/h4-12,22H,13-19H2,1-3H3. The van der Waals surface area contributed by atoms with E-state index in [0.29, 0.717) is 50.5 Å². The van der Waals surface area contributed by atoms with Crippen molar-refractivity contribution >= 4 is 21.8 Å². The lowest BCUT2D eigenvalue weighted by molar-refractivity contribution is -0.158. The minimum Gasteiger partial charge on any atom is -0.330 e. The number of hydrogen-bond acceptors (Lipinski definition) is 4. The molecule has 2 aromatic carbocycles. The van der Waals surface area contributed by atoms with Gasteiger partial charge in [0, 0.05) is 38.8 Å². The van der Waals surface area contributed by atoms with E-state index >= 15 is 0 Å². The highest BCUT2D eigenvalue weighted by molar-refractivity contribution is 7.89. The normalized spacial score (nSPS) is 19.0. The molecule has 0 atom stereocenters. The molecule has 7 nitrogen and oxygen atoms in total. The van der Waals surface area contributed by atoms with Crippen LogP contribution in [-0.2, 0) is 31.6 Å². The first-order valence-electron chi connectivity index (χ1n) is 11.8. The molecule has 0 aromatic heterocycles. The summed E-state index contributed by atoms with van der Waals surface area (Å²) in [4.78, 5) is 29.1. The van der Waals surface area contributed by atoms with E-state index in [9.17, 15) is 18.0 Å². The van der Waals surface area contributed by atoms with Gasteiger partial charge in [-0.2, -0.15) is 4.31 Å². The van der Waals surface area contributed by atoms with E-state index in [4.69, 9.17) is 0 Å². The molecule has 2 saturated heterocycles. The van der Waals surface area contributed by atoms with Crippen LogP contribution < -0.4 is 0 Å². The Morgan fingerprint density at radius 3 is 2.03 bits per heavy atom. The summed E-state index contributed by atoms with van der Waals surface area (Å²) < 4.78 is 27.8. The van der Waals surface area contributed by atoms with Crippen LogP contribution >= 0.6 is 0 Å². The van der Waals surface area contributed by atoms with E-state index in [1.807, 2.05) is 42.5 Å². The van der Waals surface area contributed by atoms with Gasteiger partial charge in [-0.1, -0.05) is 63.2 Å². The quantitative estimate of drug-likeness (QED) is 0.613. The maximum Gasteiger partial charge on any atom is 0.312 e. The van der Waals surface area contributed by atoms with Gasteiger partial charge >= 0.3 is 11.8 Å². The maximum absolute atomic E-state index is 13.1. The number of hydrogen-bond donors (Lipinski definition) is 0. The van der Waals surface area contributed by atoms with Crippen LogP contribution in [0.15, 0.2) is 59.5 Å². The maximum atomic E-state index is 13.1. The summed E-state index contributed by atoms with van der Waals surface area (Å²) in [7, 11) is -3.59. The lowest BCUT2D eigenvalue weighted by Gasteiger charge is -2.41. The number of carbonyl (C=O) groups excluding carboxylic acids is 2. The van der Waals surface area contributed by atoms with Crippen LogP contribution in [0, 0.1) is 0 Å². The summed E-state index contributed by atoms with van der Waals surface area (Å²) in [5.74, 6) is -0.967. The van der Waals surface area contributed by atoms with Gasteiger partial charge in [-0.25, -0.2) is 8.42 Å². The zero-order valence-electron chi connectivity index (χ0n) is 20.1. The van der Waals surface area contributed by atoms with Crippen molar-refractivity contribution in [3.8, 4) is 0 Å². The summed E-state index contributed by atoms with van der Waals surface area (Å²) in [5, 5.41) is 0. The van der Waals surface area contributed by atoms with Crippen molar-refractivity contribution < 1.29 is 18.0 Å². The Labute approximate surface area is 202 Å². The number of carbonyl (C=O) groups is 2. The Morgan fingerprint density at radius 2 is 1.44 bits per heavy atom. The first kappa shape index (κ1) is 24.4. The number of sulfonamides is 1. The molecule has 2 aliphatic rings. The molecule has 0 radical (unpaired) electrons. The zero-order valence-corrected chi connectivity index (χ0v) is 20.9. The molecule has 8 heteroatoms. The van der Waals surface area contributed by atoms with Gasteiger partial charge in [-0.15, -0.1) is 0 Å². The van der Waals surface area contributed by atoms with E-state index in [2.05, 4.69) is 20.8 Å². The van der Waals surface area contributed by atoms with E-state index < -0.39 is 21.8 Å². The third kappa shape index (κ3) is 5.03. The molecule has 0 bridgehead atoms. The molecule has 0 spiro atoms. The van der Waals surface area contributed by atoms with Crippen LogP contribution in [0.5, 0.6) is 0 Å². The molecular formula is C26H33N3O4S. The number of piperidine rings is 1. The molecule has 2 aliphatic heterocycles. The number of piperazine rings is 1. The predicted molar refractivity (Wildman–Crippen MR) is 130 cm³/mol. The van der Waals surface area contributed by atoms with Gasteiger partial charge in [0.05, 0.1) is 4.90 Å². The molecule has 2 heterocycles. The van der Waals surface area contributed by atoms with Crippen LogP contribution in [0.25, 0.3) is 0 Å². The predicted octanol–water partition coefficient (Wildman–Crippen LogP) is 3.01. The monoisotopic (exact) mass is 483 g/mol. The molecule has 0 unspecified atom stereocenters. The van der Waals surface area contributed by atoms with Gasteiger partial charge in [0.2, 0.25) is 10.0 Å². The summed E-state index contributed by atoms with van der Waals surface area (Å²) in [5.41, 5.74) is 2.03. The molecular weight excluding hydrogens is 450 g/mol. The molecule has 0 N–H and O–H groups in total. The topological polar surface area (TPSA) is 78.0 Å². The molecule has 34 heavy (non-hydrogen) atoms. The number of amides is 2. The Bertz CT molecular complexity index is 1130. The van der Waals surface area contributed by atoms with Gasteiger partial charge in [0.15, 0.2) is 0 Å². The minimum atomic E-state index is -3.59. The second kappa shape index (κ2) is 9.50. The summed E-state index contributed by atoms with van der Waals surface area (Å²) in [6, 6.07) is 16.6. The van der Waals surface area contributed by atoms with Gasteiger partial charge in [-0.05, 0) is 41.5 Å². The molecule has 2 fully saturated rings. The first-order valence-corrected chi connectivity index (χ1v) is 13.3. The fraction of sp³-hybridized carbons (Fsp3) is 0.462. The van der Waals surface area contributed by atoms with Crippen molar-refractivity contribution in [3.63, 3.8) is 0 Å². The summed E-state index contributed by atoms with van der Waals surface area (Å²) in [6.07, 6.45) is 1.05. The van der Waals surface area contributed by atoms with Crippen LogP contribution in [-0.4, -0.2) is 66.6 Å². The van der Waals surface area contributed by atoms with Gasteiger partial charge in [0.1, 0.15) is 0 Å². The van der Waals surface area contributed by atoms with Crippen LogP contribution in [0.2, 0.25) is 0 Å². The fourth-order valence-corrected chi connectivity index (χ4v) is 6.13. The van der Waals surface area contributed by atoms with Crippen LogP contribution in [0.1, 0.15) is 44.7 Å².